The molecule has 19 heavy (non-hydrogen) atoms. The van der Waals surface area contributed by atoms with E-state index in [9.17, 15) is 0 Å². The smallest absolute Gasteiger partial charge is 0.0840 e. The van der Waals surface area contributed by atoms with Crippen LogP contribution in [0.15, 0.2) is 42.7 Å². The Morgan fingerprint density at radius 1 is 1.26 bits per heavy atom. The average molecular weight is 254 g/mol. The minimum Gasteiger partial charge on any atom is -0.373 e. The number of hydrogen-bond acceptors (Lipinski definition) is 3. The fourth-order valence-electron chi connectivity index (χ4n) is 2.76. The zero-order valence-corrected chi connectivity index (χ0v) is 10.9. The van der Waals surface area contributed by atoms with E-state index in [2.05, 4.69) is 29.2 Å². The van der Waals surface area contributed by atoms with Gasteiger partial charge in [-0.05, 0) is 42.1 Å². The van der Waals surface area contributed by atoms with Crippen molar-refractivity contribution in [2.45, 2.75) is 18.9 Å². The normalized spacial score (nSPS) is 18.1. The maximum atomic E-state index is 5.84. The van der Waals surface area contributed by atoms with Crippen molar-refractivity contribution in [3.63, 3.8) is 0 Å². The van der Waals surface area contributed by atoms with Gasteiger partial charge in [0, 0.05) is 18.0 Å². The molecule has 2 aromatic rings. The molecular formula is C16H18N2O. The second-order valence-electron chi connectivity index (χ2n) is 4.80. The number of fused-ring (bicyclic) bond motifs is 1. The number of ether oxygens (including phenoxy) is 1. The van der Waals surface area contributed by atoms with Crippen molar-refractivity contribution in [3.8, 4) is 11.1 Å². The van der Waals surface area contributed by atoms with E-state index < -0.39 is 0 Å². The number of nitrogens with two attached hydrogens (primary N) is 1. The van der Waals surface area contributed by atoms with Gasteiger partial charge in [-0.25, -0.2) is 0 Å². The van der Waals surface area contributed by atoms with E-state index in [-0.39, 0.29) is 6.10 Å². The molecule has 1 aromatic carbocycles. The molecule has 0 amide bonds. The lowest BCUT2D eigenvalue weighted by Crippen LogP contribution is -2.19. The quantitative estimate of drug-likeness (QED) is 0.916. The van der Waals surface area contributed by atoms with Gasteiger partial charge in [0.25, 0.3) is 0 Å². The standard InChI is InChI=1S/C16H18N2O/c17-8-6-16-15-5-1-4-13(14(15)7-10-19-16)12-3-2-9-18-11-12/h1-5,9,11,16H,6-8,10,17H2/t16-/m0/s1. The van der Waals surface area contributed by atoms with Crippen LogP contribution >= 0.6 is 0 Å². The van der Waals surface area contributed by atoms with Crippen LogP contribution in [0, 0.1) is 0 Å². The van der Waals surface area contributed by atoms with Gasteiger partial charge in [-0.3, -0.25) is 4.98 Å². The first-order valence-corrected chi connectivity index (χ1v) is 6.74. The van der Waals surface area contributed by atoms with Gasteiger partial charge in [0.1, 0.15) is 0 Å². The van der Waals surface area contributed by atoms with Crippen LogP contribution in [-0.2, 0) is 11.2 Å². The molecular weight excluding hydrogens is 236 g/mol. The molecule has 3 heteroatoms. The second-order valence-corrected chi connectivity index (χ2v) is 4.80. The van der Waals surface area contributed by atoms with E-state index in [4.69, 9.17) is 10.5 Å². The first-order chi connectivity index (χ1) is 9.40. The number of nitrogens with zero attached hydrogens (tertiary/aromatic N) is 1. The molecule has 0 saturated carbocycles. The van der Waals surface area contributed by atoms with E-state index in [1.807, 2.05) is 12.3 Å². The Morgan fingerprint density at radius 3 is 3.00 bits per heavy atom. The van der Waals surface area contributed by atoms with E-state index in [0.717, 1.165) is 19.4 Å². The summed E-state index contributed by atoms with van der Waals surface area (Å²) in [6.07, 6.45) is 5.71. The third kappa shape index (κ3) is 2.39. The lowest BCUT2D eigenvalue weighted by molar-refractivity contribution is 0.0384. The second kappa shape index (κ2) is 5.51. The van der Waals surface area contributed by atoms with Crippen LogP contribution in [-0.4, -0.2) is 18.1 Å². The fraction of sp³-hybridized carbons (Fsp3) is 0.312. The van der Waals surface area contributed by atoms with Gasteiger partial charge in [0.15, 0.2) is 0 Å². The summed E-state index contributed by atoms with van der Waals surface area (Å²) in [4.78, 5) is 4.21. The topological polar surface area (TPSA) is 48.1 Å². The van der Waals surface area contributed by atoms with E-state index >= 15 is 0 Å². The number of hydrogen-bond donors (Lipinski definition) is 1. The van der Waals surface area contributed by atoms with Crippen LogP contribution in [0.3, 0.4) is 0 Å². The third-order valence-electron chi connectivity index (χ3n) is 3.63. The fourth-order valence-corrected chi connectivity index (χ4v) is 2.76. The average Bonchev–Trinajstić information content (AvgIpc) is 2.48. The summed E-state index contributed by atoms with van der Waals surface area (Å²) >= 11 is 0. The van der Waals surface area contributed by atoms with Gasteiger partial charge in [-0.1, -0.05) is 24.3 Å². The van der Waals surface area contributed by atoms with Crippen molar-refractivity contribution in [2.24, 2.45) is 5.73 Å². The van der Waals surface area contributed by atoms with Crippen molar-refractivity contribution < 1.29 is 4.74 Å². The van der Waals surface area contributed by atoms with Gasteiger partial charge in [-0.15, -0.1) is 0 Å². The summed E-state index contributed by atoms with van der Waals surface area (Å²) < 4.78 is 5.84. The molecule has 2 heterocycles. The minimum atomic E-state index is 0.144. The number of aromatic nitrogens is 1. The van der Waals surface area contributed by atoms with Gasteiger partial charge in [-0.2, -0.15) is 0 Å². The zero-order chi connectivity index (χ0) is 13.1. The number of pyridine rings is 1. The van der Waals surface area contributed by atoms with E-state index in [1.54, 1.807) is 6.20 Å². The molecule has 3 rings (SSSR count). The predicted molar refractivity (Wildman–Crippen MR) is 75.7 cm³/mol. The SMILES string of the molecule is NCC[C@@H]1OCCc2c(-c3cccnc3)cccc21. The Kier molecular flexibility index (Phi) is 3.58. The Labute approximate surface area is 113 Å². The van der Waals surface area contributed by atoms with Crippen molar-refractivity contribution in [2.75, 3.05) is 13.2 Å². The highest BCUT2D eigenvalue weighted by molar-refractivity contribution is 5.68. The molecule has 0 unspecified atom stereocenters. The summed E-state index contributed by atoms with van der Waals surface area (Å²) in [6.45, 7) is 1.43. The Morgan fingerprint density at radius 2 is 2.21 bits per heavy atom. The molecule has 3 nitrogen and oxygen atoms in total. The summed E-state index contributed by atoms with van der Waals surface area (Å²) in [5.41, 5.74) is 10.8. The highest BCUT2D eigenvalue weighted by Crippen LogP contribution is 2.35. The molecule has 1 aromatic heterocycles. The molecule has 0 aliphatic carbocycles. The predicted octanol–water partition coefficient (Wildman–Crippen LogP) is 2.71. The van der Waals surface area contributed by atoms with Crippen LogP contribution in [0.4, 0.5) is 0 Å². The molecule has 1 aliphatic rings. The van der Waals surface area contributed by atoms with Crippen LogP contribution < -0.4 is 5.73 Å². The third-order valence-corrected chi connectivity index (χ3v) is 3.63. The molecule has 0 spiro atoms. The van der Waals surface area contributed by atoms with Gasteiger partial charge < -0.3 is 10.5 Å². The largest absolute Gasteiger partial charge is 0.373 e. The van der Waals surface area contributed by atoms with Gasteiger partial charge >= 0.3 is 0 Å². The van der Waals surface area contributed by atoms with Crippen molar-refractivity contribution in [1.29, 1.82) is 0 Å². The van der Waals surface area contributed by atoms with Crippen molar-refractivity contribution >= 4 is 0 Å². The Hall–Kier alpha value is -1.71. The van der Waals surface area contributed by atoms with Crippen molar-refractivity contribution in [3.05, 3.63) is 53.9 Å². The zero-order valence-electron chi connectivity index (χ0n) is 10.9. The maximum absolute atomic E-state index is 5.84. The molecule has 0 bridgehead atoms. The number of benzene rings is 1. The highest BCUT2D eigenvalue weighted by Gasteiger charge is 2.22. The Bertz CT molecular complexity index is 554. The molecule has 0 fully saturated rings. The van der Waals surface area contributed by atoms with Crippen LogP contribution in [0.25, 0.3) is 11.1 Å². The minimum absolute atomic E-state index is 0.144. The molecule has 1 atom stereocenters. The first-order valence-electron chi connectivity index (χ1n) is 6.74. The van der Waals surface area contributed by atoms with E-state index in [1.165, 1.54) is 22.3 Å². The first kappa shape index (κ1) is 12.3. The van der Waals surface area contributed by atoms with E-state index in [0.29, 0.717) is 6.54 Å². The van der Waals surface area contributed by atoms with Crippen LogP contribution in [0.5, 0.6) is 0 Å². The molecule has 98 valence electrons. The summed E-state index contributed by atoms with van der Waals surface area (Å²) in [6, 6.07) is 10.5. The summed E-state index contributed by atoms with van der Waals surface area (Å²) in [7, 11) is 0. The van der Waals surface area contributed by atoms with Gasteiger partial charge in [0.2, 0.25) is 0 Å². The summed E-state index contributed by atoms with van der Waals surface area (Å²) in [5, 5.41) is 0. The molecule has 0 saturated heterocycles. The van der Waals surface area contributed by atoms with Crippen molar-refractivity contribution in [1.82, 2.24) is 4.98 Å². The molecule has 0 radical (unpaired) electrons. The Balaban J connectivity index is 2.06. The highest BCUT2D eigenvalue weighted by atomic mass is 16.5. The number of rotatable bonds is 3. The molecule has 1 aliphatic heterocycles. The lowest BCUT2D eigenvalue weighted by Gasteiger charge is -2.27. The lowest BCUT2D eigenvalue weighted by atomic mass is 9.89. The van der Waals surface area contributed by atoms with Crippen LogP contribution in [0.1, 0.15) is 23.7 Å². The monoisotopic (exact) mass is 254 g/mol. The molecule has 2 N–H and O–H groups in total. The summed E-state index contributed by atoms with van der Waals surface area (Å²) in [5.74, 6) is 0. The maximum Gasteiger partial charge on any atom is 0.0840 e. The van der Waals surface area contributed by atoms with Crippen LogP contribution in [0.2, 0.25) is 0 Å². The van der Waals surface area contributed by atoms with Gasteiger partial charge in [0.05, 0.1) is 12.7 Å².